The minimum absolute atomic E-state index is 0.117. The van der Waals surface area contributed by atoms with Crippen molar-refractivity contribution in [2.24, 2.45) is 13.0 Å². The highest BCUT2D eigenvalue weighted by molar-refractivity contribution is 6.04. The normalized spacial score (nSPS) is 15.0. The summed E-state index contributed by atoms with van der Waals surface area (Å²) in [5.41, 5.74) is 1.72. The van der Waals surface area contributed by atoms with Crippen LogP contribution in [0.1, 0.15) is 33.7 Å². The highest BCUT2D eigenvalue weighted by Crippen LogP contribution is 2.33. The van der Waals surface area contributed by atoms with E-state index in [1.165, 1.54) is 7.11 Å². The zero-order chi connectivity index (χ0) is 12.9. The summed E-state index contributed by atoms with van der Waals surface area (Å²) in [6.45, 7) is 0. The van der Waals surface area contributed by atoms with Gasteiger partial charge in [0.2, 0.25) is 0 Å². The van der Waals surface area contributed by atoms with E-state index in [-0.39, 0.29) is 11.7 Å². The van der Waals surface area contributed by atoms with Crippen LogP contribution in [0.2, 0.25) is 0 Å². The first-order chi connectivity index (χ1) is 8.63. The predicted molar refractivity (Wildman–Crippen MR) is 64.8 cm³/mol. The van der Waals surface area contributed by atoms with Gasteiger partial charge in [0.25, 0.3) is 0 Å². The Labute approximate surface area is 104 Å². The van der Waals surface area contributed by atoms with E-state index in [0.29, 0.717) is 16.9 Å². The largest absolute Gasteiger partial charge is 0.465 e. The van der Waals surface area contributed by atoms with Gasteiger partial charge >= 0.3 is 5.97 Å². The number of ketones is 1. The maximum absolute atomic E-state index is 12.2. The molecule has 0 aliphatic heterocycles. The van der Waals surface area contributed by atoms with E-state index in [1.807, 2.05) is 17.8 Å². The summed E-state index contributed by atoms with van der Waals surface area (Å²) in [7, 11) is 3.18. The molecule has 1 aliphatic rings. The fraction of sp³-hybridized carbons (Fsp3) is 0.385. The second kappa shape index (κ2) is 3.73. The maximum Gasteiger partial charge on any atom is 0.341 e. The van der Waals surface area contributed by atoms with Crippen molar-refractivity contribution >= 4 is 17.4 Å². The Morgan fingerprint density at radius 3 is 2.67 bits per heavy atom. The van der Waals surface area contributed by atoms with Gasteiger partial charge in [0.15, 0.2) is 5.78 Å². The molecule has 1 fully saturated rings. The summed E-state index contributed by atoms with van der Waals surface area (Å²) in [4.78, 5) is 23.9. The molecule has 0 atom stereocenters. The average molecular weight is 246 g/mol. The van der Waals surface area contributed by atoms with Crippen LogP contribution < -0.4 is 0 Å². The van der Waals surface area contributed by atoms with E-state index in [4.69, 9.17) is 4.74 Å². The van der Waals surface area contributed by atoms with Gasteiger partial charge in [0.05, 0.1) is 12.8 Å². The number of esters is 1. The van der Waals surface area contributed by atoms with E-state index in [9.17, 15) is 9.59 Å². The molecule has 1 aliphatic carbocycles. The van der Waals surface area contributed by atoms with Gasteiger partial charge in [-0.25, -0.2) is 4.79 Å². The molecule has 5 heteroatoms. The summed E-state index contributed by atoms with van der Waals surface area (Å²) in [5.74, 6) is -0.163. The molecule has 94 valence electrons. The van der Waals surface area contributed by atoms with E-state index >= 15 is 0 Å². The molecule has 0 radical (unpaired) electrons. The Hall–Kier alpha value is -2.04. The number of nitrogens with zero attached hydrogens (tertiary/aromatic N) is 2. The molecule has 0 N–H and O–H groups in total. The van der Waals surface area contributed by atoms with Crippen molar-refractivity contribution in [2.45, 2.75) is 12.8 Å². The number of carbonyl (C=O) groups excluding carboxylic acids is 2. The zero-order valence-electron chi connectivity index (χ0n) is 10.3. The summed E-state index contributed by atoms with van der Waals surface area (Å²) in [6.07, 6.45) is 5.53. The fourth-order valence-electron chi connectivity index (χ4n) is 2.27. The molecule has 0 aromatic carbocycles. The monoisotopic (exact) mass is 246 g/mol. The number of hydrogen-bond donors (Lipinski definition) is 0. The van der Waals surface area contributed by atoms with Gasteiger partial charge in [-0.1, -0.05) is 0 Å². The number of rotatable bonds is 3. The third kappa shape index (κ3) is 1.47. The number of carbonyl (C=O) groups is 2. The molecule has 0 unspecified atom stereocenters. The Balaban J connectivity index is 2.20. The molecule has 18 heavy (non-hydrogen) atoms. The van der Waals surface area contributed by atoms with Crippen LogP contribution in [0.25, 0.3) is 5.65 Å². The molecule has 0 bridgehead atoms. The predicted octanol–water partition coefficient (Wildman–Crippen LogP) is 1.66. The molecular formula is C13H14N2O3. The molecule has 2 aromatic rings. The third-order valence-electron chi connectivity index (χ3n) is 3.39. The van der Waals surface area contributed by atoms with Crippen molar-refractivity contribution in [2.75, 3.05) is 7.11 Å². The number of hydrogen-bond acceptors (Lipinski definition) is 3. The van der Waals surface area contributed by atoms with Gasteiger partial charge in [0, 0.05) is 25.4 Å². The molecule has 2 aromatic heterocycles. The van der Waals surface area contributed by atoms with Crippen molar-refractivity contribution in [1.82, 2.24) is 8.97 Å². The zero-order valence-corrected chi connectivity index (χ0v) is 10.3. The van der Waals surface area contributed by atoms with Gasteiger partial charge in [-0.05, 0) is 18.9 Å². The number of imidazole rings is 1. The standard InChI is InChI=1S/C13H14N2O3/c1-14-5-6-15-10(11(16)8-3-4-8)7-9(12(14)15)13(17)18-2/h5-8H,3-4H2,1-2H3. The number of fused-ring (bicyclic) bond motifs is 1. The van der Waals surface area contributed by atoms with Crippen LogP contribution >= 0.6 is 0 Å². The Bertz CT molecular complexity index is 647. The molecule has 1 saturated carbocycles. The number of methoxy groups -OCH3 is 1. The lowest BCUT2D eigenvalue weighted by molar-refractivity contribution is 0.0602. The molecule has 2 heterocycles. The van der Waals surface area contributed by atoms with Crippen LogP contribution in [0.4, 0.5) is 0 Å². The van der Waals surface area contributed by atoms with E-state index in [1.54, 1.807) is 16.7 Å². The van der Waals surface area contributed by atoms with Crippen LogP contribution in [0.15, 0.2) is 18.5 Å². The molecular weight excluding hydrogens is 232 g/mol. The van der Waals surface area contributed by atoms with Gasteiger partial charge in [0.1, 0.15) is 11.2 Å². The van der Waals surface area contributed by atoms with Crippen LogP contribution in [-0.2, 0) is 11.8 Å². The Morgan fingerprint density at radius 2 is 2.06 bits per heavy atom. The second-order valence-corrected chi connectivity index (χ2v) is 4.68. The molecule has 3 rings (SSSR count). The summed E-state index contributed by atoms with van der Waals surface area (Å²) in [6, 6.07) is 1.64. The first-order valence-electron chi connectivity index (χ1n) is 5.92. The van der Waals surface area contributed by atoms with E-state index in [2.05, 4.69) is 0 Å². The molecule has 0 saturated heterocycles. The van der Waals surface area contributed by atoms with Crippen LogP contribution in [0.3, 0.4) is 0 Å². The number of aromatic nitrogens is 2. The van der Waals surface area contributed by atoms with Gasteiger partial charge in [-0.3, -0.25) is 9.20 Å². The van der Waals surface area contributed by atoms with Gasteiger partial charge < -0.3 is 9.30 Å². The van der Waals surface area contributed by atoms with Crippen molar-refractivity contribution in [1.29, 1.82) is 0 Å². The maximum atomic E-state index is 12.2. The third-order valence-corrected chi connectivity index (χ3v) is 3.39. The summed E-state index contributed by atoms with van der Waals surface area (Å²) >= 11 is 0. The second-order valence-electron chi connectivity index (χ2n) is 4.68. The Kier molecular flexibility index (Phi) is 2.29. The first-order valence-corrected chi connectivity index (χ1v) is 5.92. The summed E-state index contributed by atoms with van der Waals surface area (Å²) in [5, 5.41) is 0. The fourth-order valence-corrected chi connectivity index (χ4v) is 2.27. The Morgan fingerprint density at radius 1 is 1.33 bits per heavy atom. The molecule has 5 nitrogen and oxygen atoms in total. The minimum Gasteiger partial charge on any atom is -0.465 e. The van der Waals surface area contributed by atoms with Crippen molar-refractivity contribution in [3.8, 4) is 0 Å². The van der Waals surface area contributed by atoms with Crippen LogP contribution in [0, 0.1) is 5.92 Å². The summed E-state index contributed by atoms with van der Waals surface area (Å²) < 4.78 is 8.35. The minimum atomic E-state index is -0.413. The highest BCUT2D eigenvalue weighted by atomic mass is 16.5. The van der Waals surface area contributed by atoms with Crippen molar-refractivity contribution in [3.05, 3.63) is 29.7 Å². The average Bonchev–Trinajstić information content (AvgIpc) is 3.05. The number of aryl methyl sites for hydroxylation is 1. The smallest absolute Gasteiger partial charge is 0.341 e. The van der Waals surface area contributed by atoms with Crippen molar-refractivity contribution in [3.63, 3.8) is 0 Å². The van der Waals surface area contributed by atoms with E-state index in [0.717, 1.165) is 12.8 Å². The quantitative estimate of drug-likeness (QED) is 0.611. The molecule has 0 amide bonds. The molecule has 0 spiro atoms. The highest BCUT2D eigenvalue weighted by Gasteiger charge is 2.33. The number of ether oxygens (including phenoxy) is 1. The lowest BCUT2D eigenvalue weighted by Gasteiger charge is -1.97. The van der Waals surface area contributed by atoms with E-state index < -0.39 is 5.97 Å². The lowest BCUT2D eigenvalue weighted by Crippen LogP contribution is -2.04. The van der Waals surface area contributed by atoms with Gasteiger partial charge in [-0.2, -0.15) is 0 Å². The van der Waals surface area contributed by atoms with Crippen molar-refractivity contribution < 1.29 is 14.3 Å². The topological polar surface area (TPSA) is 52.7 Å². The van der Waals surface area contributed by atoms with Crippen LogP contribution in [0.5, 0.6) is 0 Å². The SMILES string of the molecule is COC(=O)c1cc(C(=O)C2CC2)n2ccn(C)c12. The van der Waals surface area contributed by atoms with Gasteiger partial charge in [-0.15, -0.1) is 0 Å². The lowest BCUT2D eigenvalue weighted by atomic mass is 10.2. The van der Waals surface area contributed by atoms with Crippen LogP contribution in [-0.4, -0.2) is 27.8 Å². The first kappa shape index (κ1) is 11.1. The number of Topliss-reactive ketones (excluding diaryl/α,β-unsaturated/α-hetero) is 1.